The standard InChI is InChI=1S/C12H24N2O2/c1-3-14(11-4-5-11)12(16)9-13-8-10(2)6-7-15/h10-11,13,15H,3-9H2,1-2H3. The third kappa shape index (κ3) is 4.49. The normalized spacial score (nSPS) is 17.2. The van der Waals surface area contributed by atoms with Gasteiger partial charge in [0.15, 0.2) is 0 Å². The van der Waals surface area contributed by atoms with E-state index in [9.17, 15) is 4.79 Å². The van der Waals surface area contributed by atoms with Crippen LogP contribution in [0, 0.1) is 5.92 Å². The van der Waals surface area contributed by atoms with E-state index < -0.39 is 0 Å². The van der Waals surface area contributed by atoms with Gasteiger partial charge in [0.2, 0.25) is 5.91 Å². The maximum absolute atomic E-state index is 11.8. The zero-order valence-electron chi connectivity index (χ0n) is 10.4. The smallest absolute Gasteiger partial charge is 0.236 e. The number of hydrogen-bond acceptors (Lipinski definition) is 3. The predicted molar refractivity (Wildman–Crippen MR) is 64.1 cm³/mol. The number of likely N-dealkylation sites (N-methyl/N-ethyl adjacent to an activating group) is 1. The van der Waals surface area contributed by atoms with Gasteiger partial charge >= 0.3 is 0 Å². The molecule has 1 amide bonds. The summed E-state index contributed by atoms with van der Waals surface area (Å²) in [7, 11) is 0. The average molecular weight is 228 g/mol. The van der Waals surface area contributed by atoms with Crippen LogP contribution in [0.4, 0.5) is 0 Å². The number of nitrogens with zero attached hydrogens (tertiary/aromatic N) is 1. The summed E-state index contributed by atoms with van der Waals surface area (Å²) in [6.45, 7) is 6.38. The quantitative estimate of drug-likeness (QED) is 0.640. The fraction of sp³-hybridized carbons (Fsp3) is 0.917. The van der Waals surface area contributed by atoms with Crippen LogP contribution in [0.15, 0.2) is 0 Å². The minimum absolute atomic E-state index is 0.209. The number of aliphatic hydroxyl groups is 1. The van der Waals surface area contributed by atoms with Gasteiger partial charge in [-0.2, -0.15) is 0 Å². The molecule has 1 unspecified atom stereocenters. The van der Waals surface area contributed by atoms with Gasteiger partial charge in [-0.15, -0.1) is 0 Å². The van der Waals surface area contributed by atoms with Gasteiger partial charge in [0, 0.05) is 19.2 Å². The largest absolute Gasteiger partial charge is 0.396 e. The highest BCUT2D eigenvalue weighted by molar-refractivity contribution is 5.78. The third-order valence-electron chi connectivity index (χ3n) is 3.04. The number of rotatable bonds is 8. The van der Waals surface area contributed by atoms with Crippen molar-refractivity contribution in [1.82, 2.24) is 10.2 Å². The number of nitrogens with one attached hydrogen (secondary N) is 1. The molecule has 0 saturated heterocycles. The van der Waals surface area contributed by atoms with Crippen molar-refractivity contribution in [2.45, 2.75) is 39.2 Å². The number of aliphatic hydroxyl groups excluding tert-OH is 1. The number of hydrogen-bond donors (Lipinski definition) is 2. The Balaban J connectivity index is 2.13. The molecular weight excluding hydrogens is 204 g/mol. The highest BCUT2D eigenvalue weighted by Crippen LogP contribution is 2.26. The molecule has 0 spiro atoms. The molecule has 1 atom stereocenters. The summed E-state index contributed by atoms with van der Waals surface area (Å²) < 4.78 is 0. The molecule has 0 radical (unpaired) electrons. The van der Waals surface area contributed by atoms with Gasteiger partial charge in [0.05, 0.1) is 6.54 Å². The minimum atomic E-state index is 0.209. The van der Waals surface area contributed by atoms with Crippen LogP contribution in [0.2, 0.25) is 0 Å². The molecule has 4 nitrogen and oxygen atoms in total. The molecule has 0 aromatic heterocycles. The summed E-state index contributed by atoms with van der Waals surface area (Å²) >= 11 is 0. The maximum Gasteiger partial charge on any atom is 0.236 e. The summed E-state index contributed by atoms with van der Waals surface area (Å²) in [5.41, 5.74) is 0. The van der Waals surface area contributed by atoms with E-state index in [0.29, 0.717) is 18.5 Å². The number of carbonyl (C=O) groups excluding carboxylic acids is 1. The third-order valence-corrected chi connectivity index (χ3v) is 3.04. The highest BCUT2D eigenvalue weighted by atomic mass is 16.3. The van der Waals surface area contributed by atoms with Crippen LogP contribution in [-0.2, 0) is 4.79 Å². The van der Waals surface area contributed by atoms with Crippen LogP contribution in [-0.4, -0.2) is 48.2 Å². The molecule has 1 rings (SSSR count). The first-order valence-corrected chi connectivity index (χ1v) is 6.30. The molecule has 1 aliphatic rings. The van der Waals surface area contributed by atoms with Crippen molar-refractivity contribution < 1.29 is 9.90 Å². The van der Waals surface area contributed by atoms with E-state index in [2.05, 4.69) is 12.2 Å². The van der Waals surface area contributed by atoms with Gasteiger partial charge in [-0.05, 0) is 38.6 Å². The van der Waals surface area contributed by atoms with Crippen molar-refractivity contribution in [2.24, 2.45) is 5.92 Å². The second-order valence-electron chi connectivity index (χ2n) is 4.66. The summed E-state index contributed by atoms with van der Waals surface area (Å²) in [6, 6.07) is 0.508. The molecule has 16 heavy (non-hydrogen) atoms. The molecule has 0 aromatic carbocycles. The number of amides is 1. The van der Waals surface area contributed by atoms with Crippen LogP contribution in [0.5, 0.6) is 0 Å². The summed E-state index contributed by atoms with van der Waals surface area (Å²) in [6.07, 6.45) is 3.13. The van der Waals surface area contributed by atoms with Crippen molar-refractivity contribution in [3.05, 3.63) is 0 Å². The van der Waals surface area contributed by atoms with E-state index in [1.807, 2.05) is 11.8 Å². The predicted octanol–water partition coefficient (Wildman–Crippen LogP) is 0.605. The van der Waals surface area contributed by atoms with Crippen molar-refractivity contribution in [3.8, 4) is 0 Å². The second kappa shape index (κ2) is 6.86. The molecular formula is C12H24N2O2. The molecule has 1 aliphatic carbocycles. The Morgan fingerprint density at radius 1 is 1.56 bits per heavy atom. The van der Waals surface area contributed by atoms with Gasteiger partial charge in [0.25, 0.3) is 0 Å². The highest BCUT2D eigenvalue weighted by Gasteiger charge is 2.30. The first kappa shape index (κ1) is 13.5. The average Bonchev–Trinajstić information content (AvgIpc) is 3.03. The second-order valence-corrected chi connectivity index (χ2v) is 4.66. The Labute approximate surface area is 98.0 Å². The fourth-order valence-corrected chi connectivity index (χ4v) is 1.87. The van der Waals surface area contributed by atoms with E-state index >= 15 is 0 Å². The molecule has 1 fully saturated rings. The molecule has 0 aromatic rings. The first-order chi connectivity index (χ1) is 7.69. The zero-order chi connectivity index (χ0) is 12.0. The summed E-state index contributed by atoms with van der Waals surface area (Å²) in [4.78, 5) is 13.8. The molecule has 0 aliphatic heterocycles. The Hall–Kier alpha value is -0.610. The Morgan fingerprint density at radius 3 is 2.75 bits per heavy atom. The van der Waals surface area contributed by atoms with E-state index in [1.54, 1.807) is 0 Å². The lowest BCUT2D eigenvalue weighted by molar-refractivity contribution is -0.130. The zero-order valence-corrected chi connectivity index (χ0v) is 10.4. The van der Waals surface area contributed by atoms with Crippen LogP contribution >= 0.6 is 0 Å². The van der Waals surface area contributed by atoms with Crippen molar-refractivity contribution in [3.63, 3.8) is 0 Å². The van der Waals surface area contributed by atoms with E-state index in [4.69, 9.17) is 5.11 Å². The molecule has 94 valence electrons. The van der Waals surface area contributed by atoms with Crippen molar-refractivity contribution in [1.29, 1.82) is 0 Å². The lowest BCUT2D eigenvalue weighted by atomic mass is 10.1. The number of carbonyl (C=O) groups is 1. The Bertz CT molecular complexity index is 217. The lowest BCUT2D eigenvalue weighted by Gasteiger charge is -2.21. The van der Waals surface area contributed by atoms with Gasteiger partial charge in [0.1, 0.15) is 0 Å². The van der Waals surface area contributed by atoms with E-state index in [0.717, 1.165) is 19.5 Å². The van der Waals surface area contributed by atoms with Gasteiger partial charge in [-0.25, -0.2) is 0 Å². The van der Waals surface area contributed by atoms with Crippen LogP contribution < -0.4 is 5.32 Å². The van der Waals surface area contributed by atoms with Gasteiger partial charge < -0.3 is 15.3 Å². The SMILES string of the molecule is CCN(C(=O)CNCC(C)CCO)C1CC1. The van der Waals surface area contributed by atoms with Gasteiger partial charge in [-0.3, -0.25) is 4.79 Å². The van der Waals surface area contributed by atoms with Gasteiger partial charge in [-0.1, -0.05) is 6.92 Å². The Morgan fingerprint density at radius 2 is 2.25 bits per heavy atom. The molecule has 4 heteroatoms. The monoisotopic (exact) mass is 228 g/mol. The lowest BCUT2D eigenvalue weighted by Crippen LogP contribution is -2.40. The molecule has 0 heterocycles. The van der Waals surface area contributed by atoms with Crippen LogP contribution in [0.1, 0.15) is 33.1 Å². The molecule has 1 saturated carbocycles. The summed E-state index contributed by atoms with van der Waals surface area (Å²) in [5, 5.41) is 11.9. The van der Waals surface area contributed by atoms with Crippen molar-refractivity contribution >= 4 is 5.91 Å². The maximum atomic E-state index is 11.8. The first-order valence-electron chi connectivity index (χ1n) is 6.30. The van der Waals surface area contributed by atoms with E-state index in [1.165, 1.54) is 12.8 Å². The topological polar surface area (TPSA) is 52.6 Å². The van der Waals surface area contributed by atoms with E-state index in [-0.39, 0.29) is 12.5 Å². The Kier molecular flexibility index (Phi) is 5.77. The van der Waals surface area contributed by atoms with Crippen LogP contribution in [0.25, 0.3) is 0 Å². The fourth-order valence-electron chi connectivity index (χ4n) is 1.87. The molecule has 0 bridgehead atoms. The van der Waals surface area contributed by atoms with Crippen LogP contribution in [0.3, 0.4) is 0 Å². The molecule has 2 N–H and O–H groups in total. The summed E-state index contributed by atoms with van der Waals surface area (Å²) in [5.74, 6) is 0.634. The minimum Gasteiger partial charge on any atom is -0.396 e. The van der Waals surface area contributed by atoms with Crippen molar-refractivity contribution in [2.75, 3.05) is 26.2 Å².